The SMILES string of the molecule is CN(Cc1ccccc1F)C(=O)C1CC2CCC1N2. The lowest BCUT2D eigenvalue weighted by Crippen LogP contribution is -2.38. The van der Waals surface area contributed by atoms with Crippen molar-refractivity contribution in [2.45, 2.75) is 37.9 Å². The number of fused-ring (bicyclic) bond motifs is 2. The van der Waals surface area contributed by atoms with Gasteiger partial charge in [0.05, 0.1) is 5.92 Å². The van der Waals surface area contributed by atoms with E-state index < -0.39 is 0 Å². The fourth-order valence-electron chi connectivity index (χ4n) is 3.34. The van der Waals surface area contributed by atoms with Crippen LogP contribution in [0.15, 0.2) is 24.3 Å². The van der Waals surface area contributed by atoms with Gasteiger partial charge in [-0.2, -0.15) is 0 Å². The molecule has 1 aromatic carbocycles. The van der Waals surface area contributed by atoms with E-state index in [1.165, 1.54) is 12.5 Å². The summed E-state index contributed by atoms with van der Waals surface area (Å²) in [6.07, 6.45) is 3.21. The summed E-state index contributed by atoms with van der Waals surface area (Å²) >= 11 is 0. The van der Waals surface area contributed by atoms with E-state index in [2.05, 4.69) is 5.32 Å². The molecule has 4 heteroatoms. The quantitative estimate of drug-likeness (QED) is 0.902. The van der Waals surface area contributed by atoms with Gasteiger partial charge >= 0.3 is 0 Å². The third kappa shape index (κ3) is 2.37. The summed E-state index contributed by atoms with van der Waals surface area (Å²) < 4.78 is 13.6. The fourth-order valence-corrected chi connectivity index (χ4v) is 3.34. The molecule has 3 nitrogen and oxygen atoms in total. The van der Waals surface area contributed by atoms with Crippen LogP contribution in [0.5, 0.6) is 0 Å². The molecule has 1 amide bonds. The highest BCUT2D eigenvalue weighted by Crippen LogP contribution is 2.34. The molecule has 2 heterocycles. The van der Waals surface area contributed by atoms with Gasteiger partial charge in [-0.25, -0.2) is 4.39 Å². The predicted molar refractivity (Wildman–Crippen MR) is 70.9 cm³/mol. The van der Waals surface area contributed by atoms with Crippen molar-refractivity contribution in [1.82, 2.24) is 10.2 Å². The minimum absolute atomic E-state index is 0.0792. The summed E-state index contributed by atoms with van der Waals surface area (Å²) in [5.74, 6) is -0.0216. The van der Waals surface area contributed by atoms with E-state index in [1.807, 2.05) is 0 Å². The molecule has 2 aliphatic heterocycles. The number of benzene rings is 1. The number of hydrogen-bond donors (Lipinski definition) is 1. The van der Waals surface area contributed by atoms with E-state index in [1.54, 1.807) is 30.1 Å². The molecular weight excluding hydrogens is 243 g/mol. The highest BCUT2D eigenvalue weighted by molar-refractivity contribution is 5.80. The summed E-state index contributed by atoms with van der Waals surface area (Å²) in [4.78, 5) is 14.1. The van der Waals surface area contributed by atoms with Gasteiger partial charge in [0.25, 0.3) is 0 Å². The first-order valence-corrected chi connectivity index (χ1v) is 6.89. The van der Waals surface area contributed by atoms with Crippen LogP contribution in [0, 0.1) is 11.7 Å². The molecule has 2 bridgehead atoms. The van der Waals surface area contributed by atoms with Gasteiger partial charge in [0, 0.05) is 31.2 Å². The largest absolute Gasteiger partial charge is 0.341 e. The van der Waals surface area contributed by atoms with Crippen molar-refractivity contribution in [3.63, 3.8) is 0 Å². The highest BCUT2D eigenvalue weighted by atomic mass is 19.1. The van der Waals surface area contributed by atoms with Crippen molar-refractivity contribution < 1.29 is 9.18 Å². The van der Waals surface area contributed by atoms with Crippen LogP contribution in [-0.2, 0) is 11.3 Å². The van der Waals surface area contributed by atoms with Crippen molar-refractivity contribution in [1.29, 1.82) is 0 Å². The van der Waals surface area contributed by atoms with Crippen LogP contribution < -0.4 is 5.32 Å². The number of rotatable bonds is 3. The lowest BCUT2D eigenvalue weighted by Gasteiger charge is -2.25. The average molecular weight is 262 g/mol. The Morgan fingerprint density at radius 3 is 2.84 bits per heavy atom. The monoisotopic (exact) mass is 262 g/mol. The molecule has 3 unspecified atom stereocenters. The first kappa shape index (κ1) is 12.6. The molecule has 102 valence electrons. The van der Waals surface area contributed by atoms with E-state index >= 15 is 0 Å². The van der Waals surface area contributed by atoms with E-state index in [4.69, 9.17) is 0 Å². The summed E-state index contributed by atoms with van der Waals surface area (Å²) in [5, 5.41) is 3.47. The maximum atomic E-state index is 13.6. The van der Waals surface area contributed by atoms with Gasteiger partial charge in [-0.15, -0.1) is 0 Å². The van der Waals surface area contributed by atoms with Crippen molar-refractivity contribution >= 4 is 5.91 Å². The van der Waals surface area contributed by atoms with Crippen LogP contribution in [0.25, 0.3) is 0 Å². The number of carbonyl (C=O) groups is 1. The summed E-state index contributed by atoms with van der Waals surface area (Å²) in [6, 6.07) is 7.49. The van der Waals surface area contributed by atoms with Crippen molar-refractivity contribution in [3.05, 3.63) is 35.6 Å². The number of halogens is 1. The van der Waals surface area contributed by atoms with E-state index in [0.717, 1.165) is 12.8 Å². The third-order valence-electron chi connectivity index (χ3n) is 4.36. The van der Waals surface area contributed by atoms with Crippen molar-refractivity contribution in [3.8, 4) is 0 Å². The molecule has 2 fully saturated rings. The molecule has 0 spiro atoms. The Labute approximate surface area is 112 Å². The topological polar surface area (TPSA) is 32.3 Å². The Hall–Kier alpha value is -1.42. The Bertz CT molecular complexity index is 491. The molecule has 0 aromatic heterocycles. The van der Waals surface area contributed by atoms with Crippen LogP contribution in [-0.4, -0.2) is 29.9 Å². The summed E-state index contributed by atoms with van der Waals surface area (Å²) in [5.41, 5.74) is 0.578. The molecule has 1 N–H and O–H groups in total. The Morgan fingerprint density at radius 2 is 2.21 bits per heavy atom. The van der Waals surface area contributed by atoms with Crippen LogP contribution in [0.2, 0.25) is 0 Å². The molecule has 1 aromatic rings. The van der Waals surface area contributed by atoms with Crippen LogP contribution in [0.3, 0.4) is 0 Å². The minimum Gasteiger partial charge on any atom is -0.341 e. The fraction of sp³-hybridized carbons (Fsp3) is 0.533. The second kappa shape index (κ2) is 4.93. The van der Waals surface area contributed by atoms with Gasteiger partial charge in [0.1, 0.15) is 5.82 Å². The summed E-state index contributed by atoms with van der Waals surface area (Å²) in [6.45, 7) is 0.347. The smallest absolute Gasteiger partial charge is 0.227 e. The molecule has 19 heavy (non-hydrogen) atoms. The van der Waals surface area contributed by atoms with Crippen LogP contribution >= 0.6 is 0 Å². The number of nitrogens with one attached hydrogen (secondary N) is 1. The number of hydrogen-bond acceptors (Lipinski definition) is 2. The molecule has 0 saturated carbocycles. The number of carbonyl (C=O) groups excluding carboxylic acids is 1. The zero-order valence-electron chi connectivity index (χ0n) is 11.1. The van der Waals surface area contributed by atoms with E-state index in [0.29, 0.717) is 24.2 Å². The summed E-state index contributed by atoms with van der Waals surface area (Å²) in [7, 11) is 1.76. The lowest BCUT2D eigenvalue weighted by atomic mass is 9.88. The van der Waals surface area contributed by atoms with Gasteiger partial charge in [-0.3, -0.25) is 4.79 Å². The predicted octanol–water partition coefficient (Wildman–Crippen LogP) is 1.92. The van der Waals surface area contributed by atoms with Gasteiger partial charge in [0.15, 0.2) is 0 Å². The van der Waals surface area contributed by atoms with Gasteiger partial charge < -0.3 is 10.2 Å². The zero-order chi connectivity index (χ0) is 13.4. The standard InChI is InChI=1S/C15H19FN2O/c1-18(9-10-4-2-3-5-13(10)16)15(19)12-8-11-6-7-14(12)17-11/h2-5,11-12,14,17H,6-9H2,1H3. The third-order valence-corrected chi connectivity index (χ3v) is 4.36. The first-order valence-electron chi connectivity index (χ1n) is 6.89. The molecule has 3 rings (SSSR count). The lowest BCUT2D eigenvalue weighted by molar-refractivity contribution is -0.135. The maximum Gasteiger partial charge on any atom is 0.227 e. The highest BCUT2D eigenvalue weighted by Gasteiger charge is 2.43. The van der Waals surface area contributed by atoms with E-state index in [9.17, 15) is 9.18 Å². The van der Waals surface area contributed by atoms with Crippen molar-refractivity contribution in [2.24, 2.45) is 5.92 Å². The second-order valence-corrected chi connectivity index (χ2v) is 5.68. The molecule has 2 aliphatic rings. The normalized spacial score (nSPS) is 28.6. The van der Waals surface area contributed by atoms with Crippen LogP contribution in [0.1, 0.15) is 24.8 Å². The number of amides is 1. The Balaban J connectivity index is 1.66. The average Bonchev–Trinajstić information content (AvgIpc) is 3.03. The molecule has 3 atom stereocenters. The maximum absolute atomic E-state index is 13.6. The molecular formula is C15H19FN2O. The van der Waals surface area contributed by atoms with Gasteiger partial charge in [-0.1, -0.05) is 18.2 Å². The zero-order valence-corrected chi connectivity index (χ0v) is 11.1. The first-order chi connectivity index (χ1) is 9.15. The van der Waals surface area contributed by atoms with Crippen LogP contribution in [0.4, 0.5) is 4.39 Å². The minimum atomic E-state index is -0.242. The van der Waals surface area contributed by atoms with Gasteiger partial charge in [0.2, 0.25) is 5.91 Å². The van der Waals surface area contributed by atoms with E-state index in [-0.39, 0.29) is 17.6 Å². The second-order valence-electron chi connectivity index (χ2n) is 5.68. The molecule has 0 aliphatic carbocycles. The van der Waals surface area contributed by atoms with Gasteiger partial charge in [-0.05, 0) is 25.3 Å². The number of nitrogens with zero attached hydrogens (tertiary/aromatic N) is 1. The van der Waals surface area contributed by atoms with Crippen molar-refractivity contribution in [2.75, 3.05) is 7.05 Å². The Kier molecular flexibility index (Phi) is 3.27. The molecule has 2 saturated heterocycles. The molecule has 0 radical (unpaired) electrons. The Morgan fingerprint density at radius 1 is 1.42 bits per heavy atom.